The summed E-state index contributed by atoms with van der Waals surface area (Å²) in [4.78, 5) is 43.4. The Labute approximate surface area is 267 Å². The number of fused-ring (bicyclic) bond motifs is 1. The summed E-state index contributed by atoms with van der Waals surface area (Å²) in [6, 6.07) is 7.25. The molecule has 0 radical (unpaired) electrons. The summed E-state index contributed by atoms with van der Waals surface area (Å²) in [5, 5.41) is 3.15. The SMILES string of the molecule is COc1cc2ncnc(N(C(=O)OCCN3CCN(C)CC3)c3ccc(F)c(Cl)c3)c2cc1NC(=O)/C=C/CN1CCCCC1. The molecule has 11 nitrogen and oxygen atoms in total. The normalized spacial score (nSPS) is 16.6. The number of nitrogens with one attached hydrogen (secondary N) is 1. The fourth-order valence-electron chi connectivity index (χ4n) is 5.48. The molecular weight excluding hydrogens is 601 g/mol. The molecule has 2 saturated heterocycles. The quantitative estimate of drug-likeness (QED) is 0.309. The minimum absolute atomic E-state index is 0.149. The van der Waals surface area contributed by atoms with E-state index in [9.17, 15) is 14.0 Å². The second-order valence-electron chi connectivity index (χ2n) is 11.2. The van der Waals surface area contributed by atoms with E-state index in [1.54, 1.807) is 12.1 Å². The van der Waals surface area contributed by atoms with E-state index in [2.05, 4.69) is 37.0 Å². The van der Waals surface area contributed by atoms with Crippen molar-refractivity contribution in [2.45, 2.75) is 19.3 Å². The lowest BCUT2D eigenvalue weighted by molar-refractivity contribution is -0.111. The molecule has 1 aromatic heterocycles. The zero-order chi connectivity index (χ0) is 31.8. The van der Waals surface area contributed by atoms with E-state index in [0.717, 1.165) is 39.3 Å². The summed E-state index contributed by atoms with van der Waals surface area (Å²) < 4.78 is 25.4. The number of benzene rings is 2. The Morgan fingerprint density at radius 1 is 1.04 bits per heavy atom. The maximum absolute atomic E-state index is 14.1. The highest BCUT2D eigenvalue weighted by molar-refractivity contribution is 6.31. The number of carbonyl (C=O) groups is 2. The number of hydrogen-bond acceptors (Lipinski definition) is 9. The average Bonchev–Trinajstić information content (AvgIpc) is 3.04. The van der Waals surface area contributed by atoms with E-state index < -0.39 is 11.9 Å². The molecule has 3 aromatic rings. The number of amides is 2. The number of carbonyl (C=O) groups excluding carboxylic acids is 2. The van der Waals surface area contributed by atoms with Crippen LogP contribution in [0.5, 0.6) is 5.75 Å². The number of likely N-dealkylation sites (N-methyl/N-ethyl adjacent to an activating group) is 1. The Morgan fingerprint density at radius 3 is 2.56 bits per heavy atom. The molecule has 5 rings (SSSR count). The van der Waals surface area contributed by atoms with E-state index >= 15 is 0 Å². The minimum atomic E-state index is -0.714. The lowest BCUT2D eigenvalue weighted by Gasteiger charge is -2.32. The number of likely N-dealkylation sites (tertiary alicyclic amines) is 1. The molecule has 240 valence electrons. The third kappa shape index (κ3) is 8.46. The highest BCUT2D eigenvalue weighted by atomic mass is 35.5. The number of ether oxygens (including phenoxy) is 2. The lowest BCUT2D eigenvalue weighted by atomic mass is 10.1. The van der Waals surface area contributed by atoms with E-state index in [1.807, 2.05) is 6.08 Å². The molecule has 2 fully saturated rings. The third-order valence-electron chi connectivity index (χ3n) is 8.06. The van der Waals surface area contributed by atoms with Crippen molar-refractivity contribution in [2.75, 3.05) is 83.3 Å². The second kappa shape index (κ2) is 15.4. The fraction of sp³-hybridized carbons (Fsp3) is 0.438. The monoisotopic (exact) mass is 639 g/mol. The molecule has 1 N–H and O–H groups in total. The van der Waals surface area contributed by atoms with Crippen molar-refractivity contribution in [3.05, 3.63) is 59.7 Å². The zero-order valence-corrected chi connectivity index (χ0v) is 26.4. The van der Waals surface area contributed by atoms with E-state index in [1.165, 1.54) is 61.9 Å². The van der Waals surface area contributed by atoms with Crippen molar-refractivity contribution >= 4 is 51.7 Å². The predicted octanol–water partition coefficient (Wildman–Crippen LogP) is 4.93. The number of rotatable bonds is 10. The largest absolute Gasteiger partial charge is 0.494 e. The van der Waals surface area contributed by atoms with Gasteiger partial charge < -0.3 is 19.7 Å². The molecule has 0 unspecified atom stereocenters. The Balaban J connectivity index is 1.41. The third-order valence-corrected chi connectivity index (χ3v) is 8.35. The van der Waals surface area contributed by atoms with Gasteiger partial charge in [0.05, 0.1) is 29.0 Å². The minimum Gasteiger partial charge on any atom is -0.494 e. The van der Waals surface area contributed by atoms with Gasteiger partial charge in [0.15, 0.2) is 5.82 Å². The van der Waals surface area contributed by atoms with Crippen molar-refractivity contribution in [3.8, 4) is 5.75 Å². The molecule has 0 saturated carbocycles. The van der Waals surface area contributed by atoms with Gasteiger partial charge in [-0.1, -0.05) is 24.1 Å². The van der Waals surface area contributed by atoms with Gasteiger partial charge in [0.1, 0.15) is 24.5 Å². The number of anilines is 3. The van der Waals surface area contributed by atoms with Crippen molar-refractivity contribution in [3.63, 3.8) is 0 Å². The van der Waals surface area contributed by atoms with Crippen LogP contribution in [0.2, 0.25) is 5.02 Å². The molecule has 2 amide bonds. The molecule has 0 atom stereocenters. The van der Waals surface area contributed by atoms with E-state index in [-0.39, 0.29) is 29.0 Å². The standard InChI is InChI=1S/C32H39ClFN7O4/c1-38-13-15-40(16-14-38)17-18-45-32(43)41(23-8-9-26(34)25(33)19-23)31-24-20-28(29(44-2)21-27(24)35-22-36-31)37-30(42)7-6-12-39-10-4-3-5-11-39/h6-9,19-22H,3-5,10-18H2,1-2H3,(H,37,42)/b7-6+. The van der Waals surface area contributed by atoms with Crippen molar-refractivity contribution in [1.82, 2.24) is 24.7 Å². The van der Waals surface area contributed by atoms with Crippen LogP contribution in [-0.2, 0) is 9.53 Å². The van der Waals surface area contributed by atoms with Gasteiger partial charge in [-0.25, -0.2) is 24.1 Å². The number of piperidine rings is 1. The van der Waals surface area contributed by atoms with Crippen molar-refractivity contribution in [2.24, 2.45) is 0 Å². The lowest BCUT2D eigenvalue weighted by Crippen LogP contribution is -2.45. The maximum Gasteiger partial charge on any atom is 0.420 e. The molecule has 0 aliphatic carbocycles. The number of nitrogens with zero attached hydrogens (tertiary/aromatic N) is 6. The summed E-state index contributed by atoms with van der Waals surface area (Å²) in [6.45, 7) is 7.12. The number of piperazine rings is 1. The number of halogens is 2. The number of hydrogen-bond donors (Lipinski definition) is 1. The summed E-state index contributed by atoms with van der Waals surface area (Å²) in [6.07, 6.45) is 7.54. The highest BCUT2D eigenvalue weighted by Gasteiger charge is 2.26. The first-order valence-corrected chi connectivity index (χ1v) is 15.6. The van der Waals surface area contributed by atoms with Crippen LogP contribution in [0.25, 0.3) is 10.9 Å². The van der Waals surface area contributed by atoms with Gasteiger partial charge in [-0.05, 0) is 57.2 Å². The van der Waals surface area contributed by atoms with Crippen molar-refractivity contribution < 1.29 is 23.5 Å². The first-order valence-electron chi connectivity index (χ1n) is 15.2. The maximum atomic E-state index is 14.1. The zero-order valence-electron chi connectivity index (χ0n) is 25.7. The summed E-state index contributed by atoms with van der Waals surface area (Å²) in [5.41, 5.74) is 1.08. The molecule has 13 heteroatoms. The van der Waals surface area contributed by atoms with Gasteiger partial charge in [0.2, 0.25) is 5.91 Å². The Morgan fingerprint density at radius 2 is 1.82 bits per heavy atom. The molecule has 2 aliphatic rings. The fourth-order valence-corrected chi connectivity index (χ4v) is 5.65. The Hall–Kier alpha value is -3.84. The predicted molar refractivity (Wildman–Crippen MR) is 173 cm³/mol. The van der Waals surface area contributed by atoms with Crippen molar-refractivity contribution in [1.29, 1.82) is 0 Å². The highest BCUT2D eigenvalue weighted by Crippen LogP contribution is 2.37. The molecule has 2 aromatic carbocycles. The number of methoxy groups -OCH3 is 1. The Bertz CT molecular complexity index is 1530. The first-order chi connectivity index (χ1) is 21.8. The summed E-state index contributed by atoms with van der Waals surface area (Å²) in [7, 11) is 3.57. The molecule has 45 heavy (non-hydrogen) atoms. The topological polar surface area (TPSA) is 103 Å². The molecule has 2 aliphatic heterocycles. The summed E-state index contributed by atoms with van der Waals surface area (Å²) >= 11 is 6.13. The number of aromatic nitrogens is 2. The van der Waals surface area contributed by atoms with Crippen LogP contribution >= 0.6 is 11.6 Å². The van der Waals surface area contributed by atoms with Gasteiger partial charge in [0, 0.05) is 56.8 Å². The molecular formula is C32H39ClFN7O4. The van der Waals surface area contributed by atoms with Gasteiger partial charge in [-0.2, -0.15) is 0 Å². The average molecular weight is 640 g/mol. The smallest absolute Gasteiger partial charge is 0.420 e. The molecule has 3 heterocycles. The van der Waals surface area contributed by atoms with Crippen LogP contribution in [0.4, 0.5) is 26.4 Å². The van der Waals surface area contributed by atoms with E-state index in [4.69, 9.17) is 21.1 Å². The van der Waals surface area contributed by atoms with Gasteiger partial charge in [-0.15, -0.1) is 0 Å². The Kier molecular flexibility index (Phi) is 11.2. The van der Waals surface area contributed by atoms with Gasteiger partial charge in [0.25, 0.3) is 0 Å². The van der Waals surface area contributed by atoms with Crippen LogP contribution in [0.15, 0.2) is 48.8 Å². The van der Waals surface area contributed by atoms with Gasteiger partial charge >= 0.3 is 6.09 Å². The van der Waals surface area contributed by atoms with Crippen LogP contribution in [0, 0.1) is 5.82 Å². The van der Waals surface area contributed by atoms with Crippen LogP contribution in [0.3, 0.4) is 0 Å². The van der Waals surface area contributed by atoms with Crippen LogP contribution in [-0.4, -0.2) is 110 Å². The molecule has 0 bridgehead atoms. The van der Waals surface area contributed by atoms with Crippen LogP contribution < -0.4 is 15.0 Å². The first kappa shape index (κ1) is 32.6. The van der Waals surface area contributed by atoms with Crippen LogP contribution in [0.1, 0.15) is 19.3 Å². The van der Waals surface area contributed by atoms with E-state index in [0.29, 0.717) is 35.4 Å². The summed E-state index contributed by atoms with van der Waals surface area (Å²) in [5.74, 6) is -0.393. The molecule has 0 spiro atoms. The van der Waals surface area contributed by atoms with Gasteiger partial charge in [-0.3, -0.25) is 14.6 Å². The second-order valence-corrected chi connectivity index (χ2v) is 11.6.